The van der Waals surface area contributed by atoms with E-state index >= 15 is 0 Å². The van der Waals surface area contributed by atoms with E-state index in [1.807, 2.05) is 13.8 Å². The molecule has 0 aliphatic heterocycles. The predicted molar refractivity (Wildman–Crippen MR) is 55.8 cm³/mol. The molecule has 1 atom stereocenters. The van der Waals surface area contributed by atoms with Crippen LogP contribution in [0.1, 0.15) is 47.0 Å². The van der Waals surface area contributed by atoms with Crippen LogP contribution in [0.5, 0.6) is 0 Å². The van der Waals surface area contributed by atoms with Crippen LogP contribution in [0, 0.1) is 5.92 Å². The third kappa shape index (κ3) is 4.63. The van der Waals surface area contributed by atoms with Crippen LogP contribution in [-0.4, -0.2) is 23.9 Å². The second kappa shape index (κ2) is 5.61. The summed E-state index contributed by atoms with van der Waals surface area (Å²) < 4.78 is 5.29. The van der Waals surface area contributed by atoms with Crippen molar-refractivity contribution in [2.75, 3.05) is 7.11 Å². The summed E-state index contributed by atoms with van der Waals surface area (Å²) in [6.07, 6.45) is 2.56. The Labute approximate surface area is 82.3 Å². The third-order valence-electron chi connectivity index (χ3n) is 2.85. The Balaban J connectivity index is 4.04. The molecule has 2 nitrogen and oxygen atoms in total. The van der Waals surface area contributed by atoms with E-state index in [2.05, 4.69) is 13.8 Å². The van der Waals surface area contributed by atoms with E-state index in [1.54, 1.807) is 7.11 Å². The molecule has 0 heterocycles. The van der Waals surface area contributed by atoms with Gasteiger partial charge in [0.1, 0.15) is 0 Å². The fourth-order valence-electron chi connectivity index (χ4n) is 1.59. The molecule has 0 amide bonds. The Bertz CT molecular complexity index is 128. The molecule has 0 saturated carbocycles. The van der Waals surface area contributed by atoms with Gasteiger partial charge in [-0.05, 0) is 19.8 Å². The van der Waals surface area contributed by atoms with Gasteiger partial charge in [0.05, 0.1) is 11.7 Å². The standard InChI is InChI=1S/C11H24O2/c1-6-9(7-2)10(12)8-11(3,4)13-5/h9-10,12H,6-8H2,1-5H3. The van der Waals surface area contributed by atoms with Crippen LogP contribution in [0.3, 0.4) is 0 Å². The van der Waals surface area contributed by atoms with Gasteiger partial charge in [0.15, 0.2) is 0 Å². The highest BCUT2D eigenvalue weighted by Crippen LogP contribution is 2.23. The summed E-state index contributed by atoms with van der Waals surface area (Å²) in [6, 6.07) is 0. The van der Waals surface area contributed by atoms with E-state index in [1.165, 1.54) is 0 Å². The second-order valence-corrected chi connectivity index (χ2v) is 4.31. The Hall–Kier alpha value is -0.0800. The number of aliphatic hydroxyl groups excluding tert-OH is 1. The molecule has 0 aromatic heterocycles. The number of hydrogen-bond donors (Lipinski definition) is 1. The first-order valence-corrected chi connectivity index (χ1v) is 5.20. The van der Waals surface area contributed by atoms with Crippen molar-refractivity contribution in [3.8, 4) is 0 Å². The number of ether oxygens (including phenoxy) is 1. The number of methoxy groups -OCH3 is 1. The average molecular weight is 188 g/mol. The van der Waals surface area contributed by atoms with Gasteiger partial charge in [-0.1, -0.05) is 26.7 Å². The summed E-state index contributed by atoms with van der Waals surface area (Å²) >= 11 is 0. The van der Waals surface area contributed by atoms with Crippen LogP contribution in [0.2, 0.25) is 0 Å². The lowest BCUT2D eigenvalue weighted by atomic mass is 9.88. The van der Waals surface area contributed by atoms with Gasteiger partial charge in [-0.15, -0.1) is 0 Å². The summed E-state index contributed by atoms with van der Waals surface area (Å²) in [5.74, 6) is 0.412. The minimum absolute atomic E-state index is 0.206. The number of aliphatic hydroxyl groups is 1. The lowest BCUT2D eigenvalue weighted by Gasteiger charge is -2.29. The number of hydrogen-bond acceptors (Lipinski definition) is 2. The second-order valence-electron chi connectivity index (χ2n) is 4.31. The molecule has 1 unspecified atom stereocenters. The fraction of sp³-hybridized carbons (Fsp3) is 1.00. The molecule has 0 rings (SSSR count). The highest BCUT2D eigenvalue weighted by atomic mass is 16.5. The van der Waals surface area contributed by atoms with Crippen LogP contribution in [-0.2, 0) is 4.74 Å². The summed E-state index contributed by atoms with van der Waals surface area (Å²) in [4.78, 5) is 0. The van der Waals surface area contributed by atoms with Gasteiger partial charge >= 0.3 is 0 Å². The zero-order valence-corrected chi connectivity index (χ0v) is 9.63. The van der Waals surface area contributed by atoms with E-state index in [0.717, 1.165) is 19.3 Å². The molecule has 13 heavy (non-hydrogen) atoms. The maximum absolute atomic E-state index is 9.90. The molecule has 0 aliphatic carbocycles. The van der Waals surface area contributed by atoms with Crippen molar-refractivity contribution in [3.63, 3.8) is 0 Å². The van der Waals surface area contributed by atoms with Gasteiger partial charge in [0.2, 0.25) is 0 Å². The maximum atomic E-state index is 9.90. The van der Waals surface area contributed by atoms with Crippen molar-refractivity contribution >= 4 is 0 Å². The summed E-state index contributed by atoms with van der Waals surface area (Å²) in [5.41, 5.74) is -0.206. The van der Waals surface area contributed by atoms with E-state index in [9.17, 15) is 5.11 Å². The molecule has 0 saturated heterocycles. The molecule has 2 heteroatoms. The predicted octanol–water partition coefficient (Wildman–Crippen LogP) is 2.60. The molecule has 0 bridgehead atoms. The van der Waals surface area contributed by atoms with Crippen molar-refractivity contribution in [1.82, 2.24) is 0 Å². The van der Waals surface area contributed by atoms with Crippen molar-refractivity contribution < 1.29 is 9.84 Å². The summed E-state index contributed by atoms with van der Waals surface area (Å²) in [5, 5.41) is 9.90. The van der Waals surface area contributed by atoms with Crippen LogP contribution in [0.25, 0.3) is 0 Å². The van der Waals surface area contributed by atoms with Gasteiger partial charge < -0.3 is 9.84 Å². The zero-order valence-electron chi connectivity index (χ0n) is 9.63. The summed E-state index contributed by atoms with van der Waals surface area (Å²) in [7, 11) is 1.69. The third-order valence-corrected chi connectivity index (χ3v) is 2.85. The Morgan fingerprint density at radius 3 is 2.00 bits per heavy atom. The first kappa shape index (κ1) is 12.9. The smallest absolute Gasteiger partial charge is 0.0647 e. The summed E-state index contributed by atoms with van der Waals surface area (Å²) in [6.45, 7) is 8.27. The van der Waals surface area contributed by atoms with Crippen molar-refractivity contribution in [1.29, 1.82) is 0 Å². The lowest BCUT2D eigenvalue weighted by molar-refractivity contribution is -0.0352. The van der Waals surface area contributed by atoms with Gasteiger partial charge in [-0.25, -0.2) is 0 Å². The van der Waals surface area contributed by atoms with Crippen LogP contribution < -0.4 is 0 Å². The van der Waals surface area contributed by atoms with Crippen molar-refractivity contribution in [2.45, 2.75) is 58.7 Å². The zero-order chi connectivity index (χ0) is 10.5. The highest BCUT2D eigenvalue weighted by Gasteiger charge is 2.25. The highest BCUT2D eigenvalue weighted by molar-refractivity contribution is 4.77. The molecular formula is C11H24O2. The largest absolute Gasteiger partial charge is 0.393 e. The van der Waals surface area contributed by atoms with E-state index < -0.39 is 0 Å². The molecule has 0 fully saturated rings. The van der Waals surface area contributed by atoms with Crippen molar-refractivity contribution in [3.05, 3.63) is 0 Å². The quantitative estimate of drug-likeness (QED) is 0.694. The monoisotopic (exact) mass is 188 g/mol. The molecular weight excluding hydrogens is 164 g/mol. The fourth-order valence-corrected chi connectivity index (χ4v) is 1.59. The normalized spacial score (nSPS) is 15.0. The maximum Gasteiger partial charge on any atom is 0.0647 e. The average Bonchev–Trinajstić information content (AvgIpc) is 2.06. The molecule has 1 N–H and O–H groups in total. The first-order valence-electron chi connectivity index (χ1n) is 5.20. The van der Waals surface area contributed by atoms with Gasteiger partial charge in [-0.3, -0.25) is 0 Å². The molecule has 0 aromatic carbocycles. The Kier molecular flexibility index (Phi) is 5.57. The molecule has 0 spiro atoms. The van der Waals surface area contributed by atoms with Gasteiger partial charge in [0.25, 0.3) is 0 Å². The van der Waals surface area contributed by atoms with Crippen LogP contribution >= 0.6 is 0 Å². The molecule has 0 aromatic rings. The minimum atomic E-state index is -0.232. The van der Waals surface area contributed by atoms with Crippen LogP contribution in [0.15, 0.2) is 0 Å². The van der Waals surface area contributed by atoms with Crippen LogP contribution in [0.4, 0.5) is 0 Å². The number of rotatable bonds is 6. The van der Waals surface area contributed by atoms with E-state index in [0.29, 0.717) is 5.92 Å². The van der Waals surface area contributed by atoms with E-state index in [-0.39, 0.29) is 11.7 Å². The first-order chi connectivity index (χ1) is 5.96. The van der Waals surface area contributed by atoms with Gasteiger partial charge in [0, 0.05) is 13.5 Å². The molecule has 80 valence electrons. The lowest BCUT2D eigenvalue weighted by Crippen LogP contribution is -2.32. The van der Waals surface area contributed by atoms with E-state index in [4.69, 9.17) is 4.74 Å². The Morgan fingerprint density at radius 1 is 1.23 bits per heavy atom. The Morgan fingerprint density at radius 2 is 1.69 bits per heavy atom. The topological polar surface area (TPSA) is 29.5 Å². The minimum Gasteiger partial charge on any atom is -0.393 e. The van der Waals surface area contributed by atoms with Gasteiger partial charge in [-0.2, -0.15) is 0 Å². The molecule has 0 radical (unpaired) electrons. The molecule has 0 aliphatic rings. The SMILES string of the molecule is CCC(CC)C(O)CC(C)(C)OC. The van der Waals surface area contributed by atoms with Crippen molar-refractivity contribution in [2.24, 2.45) is 5.92 Å².